The summed E-state index contributed by atoms with van der Waals surface area (Å²) in [5.74, 6) is 35.8. The summed E-state index contributed by atoms with van der Waals surface area (Å²) >= 11 is 0. The molecule has 2 heterocycles. The Bertz CT molecular complexity index is 2530. The number of nitrogens with zero attached hydrogens (tertiary/aromatic N) is 6. The number of benzene rings is 4. The number of aromatic hydroxyl groups is 2. The first-order valence-electron chi connectivity index (χ1n) is 14.3. The van der Waals surface area contributed by atoms with E-state index in [0.717, 1.165) is 0 Å². The zero-order valence-electron chi connectivity index (χ0n) is 25.4. The lowest BCUT2D eigenvalue weighted by atomic mass is 9.97. The molecule has 0 bridgehead atoms. The number of hydrogen-bond acceptors (Lipinski definition) is 6. The molecule has 6 aromatic rings. The minimum absolute atomic E-state index is 0.0446. The molecule has 8 nitrogen and oxygen atoms in total. The molecule has 0 radical (unpaired) electrons. The molecule has 2 N–H and O–H groups in total. The van der Waals surface area contributed by atoms with Crippen LogP contribution in [-0.2, 0) is 6.42 Å². The monoisotopic (exact) mass is 626 g/mol. The molecule has 0 amide bonds. The van der Waals surface area contributed by atoms with Crippen LogP contribution >= 0.6 is 0 Å². The lowest BCUT2D eigenvalue weighted by Gasteiger charge is -2.14. The molecule has 8 heteroatoms. The van der Waals surface area contributed by atoms with E-state index < -0.39 is 0 Å². The summed E-state index contributed by atoms with van der Waals surface area (Å²) in [5, 5.41) is 41.4. The fourth-order valence-electron chi connectivity index (χ4n) is 4.68. The first-order chi connectivity index (χ1) is 24.0. The second-order valence-corrected chi connectivity index (χ2v) is 9.93. The highest BCUT2D eigenvalue weighted by Gasteiger charge is 2.19. The van der Waals surface area contributed by atoms with E-state index in [-0.39, 0.29) is 29.3 Å². The van der Waals surface area contributed by atoms with Crippen LogP contribution in [0, 0.1) is 95.7 Å². The van der Waals surface area contributed by atoms with Crippen LogP contribution in [0.1, 0.15) is 22.3 Å². The van der Waals surface area contributed by atoms with Crippen molar-refractivity contribution in [1.82, 2.24) is 30.0 Å². The van der Waals surface area contributed by atoms with E-state index in [0.29, 0.717) is 44.3 Å². The Balaban J connectivity index is 1.50. The van der Waals surface area contributed by atoms with Gasteiger partial charge in [-0.1, -0.05) is 36.1 Å². The highest BCUT2D eigenvalue weighted by molar-refractivity contribution is 5.75. The van der Waals surface area contributed by atoms with Gasteiger partial charge >= 0.3 is 0 Å². The van der Waals surface area contributed by atoms with Gasteiger partial charge in [-0.3, -0.25) is 0 Å². The number of terminal acetylenes is 2. The third-order valence-corrected chi connectivity index (χ3v) is 6.78. The van der Waals surface area contributed by atoms with E-state index >= 15 is 0 Å². The Kier molecular flexibility index (Phi) is 8.94. The van der Waals surface area contributed by atoms with Crippen LogP contribution < -0.4 is 0 Å². The largest absolute Gasteiger partial charge is 0.505 e. The molecule has 0 aliphatic carbocycles. The molecule has 0 saturated heterocycles. The van der Waals surface area contributed by atoms with E-state index in [1.807, 2.05) is 48.5 Å². The van der Waals surface area contributed by atoms with Crippen LogP contribution in [0.5, 0.6) is 11.5 Å². The molecule has 6 rings (SSSR count). The zero-order chi connectivity index (χ0) is 34.0. The van der Waals surface area contributed by atoms with Crippen LogP contribution in [-0.4, -0.2) is 40.2 Å². The van der Waals surface area contributed by atoms with Crippen molar-refractivity contribution >= 4 is 22.1 Å². The van der Waals surface area contributed by atoms with Gasteiger partial charge in [0.15, 0.2) is 0 Å². The normalized spacial score (nSPS) is 9.27. The fourth-order valence-corrected chi connectivity index (χ4v) is 4.68. The van der Waals surface area contributed by atoms with Crippen molar-refractivity contribution in [1.29, 1.82) is 0 Å². The van der Waals surface area contributed by atoms with Gasteiger partial charge in [-0.2, -0.15) is 0 Å². The lowest BCUT2D eigenvalue weighted by Crippen LogP contribution is -2.04. The number of aromatic nitrogens is 6. The summed E-state index contributed by atoms with van der Waals surface area (Å²) in [4.78, 5) is 2.68. The molecule has 0 saturated carbocycles. The van der Waals surface area contributed by atoms with Gasteiger partial charge in [0.25, 0.3) is 0 Å². The lowest BCUT2D eigenvalue weighted by molar-refractivity contribution is 0.455. The van der Waals surface area contributed by atoms with Crippen molar-refractivity contribution in [2.75, 3.05) is 0 Å². The summed E-state index contributed by atoms with van der Waals surface area (Å²) in [5.41, 5.74) is 4.93. The molecule has 0 aliphatic heterocycles. The Morgan fingerprint density at radius 2 is 0.837 bits per heavy atom. The maximum Gasteiger partial charge on any atom is 0.146 e. The predicted molar refractivity (Wildman–Crippen MR) is 186 cm³/mol. The molecule has 4 aromatic carbocycles. The zero-order valence-corrected chi connectivity index (χ0v) is 25.4. The number of phenols is 2. The standard InChI is InChI=1S/C41H18N6O2/c1-3-5-7-9-11-13-19-30-25-32(40(48)38(27-30)46-42-34-21-15-16-22-35(34)43-46)29-33-26-31(20-14-12-10-8-6-4-2)28-39(41(33)49)47-44-36-23-17-18-24-37(36)45-47/h1-2,15-18,21-28,48-49H,29H2. The quantitative estimate of drug-likeness (QED) is 0.286. The van der Waals surface area contributed by atoms with Gasteiger partial charge in [0.05, 0.1) is 0 Å². The van der Waals surface area contributed by atoms with Crippen LogP contribution in [0.3, 0.4) is 0 Å². The van der Waals surface area contributed by atoms with Crippen LogP contribution in [0.25, 0.3) is 33.4 Å². The molecule has 0 fully saturated rings. The summed E-state index contributed by atoms with van der Waals surface area (Å²) in [7, 11) is 0. The average molecular weight is 627 g/mol. The summed E-state index contributed by atoms with van der Waals surface area (Å²) < 4.78 is 0. The number of rotatable bonds is 4. The average Bonchev–Trinajstić information content (AvgIpc) is 3.75. The van der Waals surface area contributed by atoms with E-state index in [1.54, 1.807) is 24.3 Å². The molecule has 0 atom stereocenters. The third-order valence-electron chi connectivity index (χ3n) is 6.78. The summed E-state index contributed by atoms with van der Waals surface area (Å²) in [6.07, 6.45) is 10.3. The first-order valence-corrected chi connectivity index (χ1v) is 14.3. The Hall–Kier alpha value is -8.24. The van der Waals surface area contributed by atoms with Crippen molar-refractivity contribution in [3.63, 3.8) is 0 Å². The smallest absolute Gasteiger partial charge is 0.146 e. The molecule has 2 aromatic heterocycles. The van der Waals surface area contributed by atoms with Gasteiger partial charge < -0.3 is 10.2 Å². The molecular weight excluding hydrogens is 608 g/mol. The fraction of sp³-hybridized carbons (Fsp3) is 0.0244. The predicted octanol–water partition coefficient (Wildman–Crippen LogP) is 4.14. The topological polar surface area (TPSA) is 102 Å². The van der Waals surface area contributed by atoms with E-state index in [4.69, 9.17) is 12.8 Å². The Morgan fingerprint density at radius 1 is 0.490 bits per heavy atom. The summed E-state index contributed by atoms with van der Waals surface area (Å²) in [6, 6.07) is 21.3. The van der Waals surface area contributed by atoms with Crippen LogP contribution in [0.15, 0.2) is 72.8 Å². The minimum atomic E-state index is -0.116. The number of fused-ring (bicyclic) bond motifs is 2. The van der Waals surface area contributed by atoms with E-state index in [9.17, 15) is 10.2 Å². The molecule has 0 unspecified atom stereocenters. The van der Waals surface area contributed by atoms with Crippen molar-refractivity contribution in [3.8, 4) is 119 Å². The van der Waals surface area contributed by atoms with Gasteiger partial charge in [0.1, 0.15) is 44.9 Å². The minimum Gasteiger partial charge on any atom is -0.505 e. The molecule has 0 aliphatic rings. The highest BCUT2D eigenvalue weighted by atomic mass is 16.3. The van der Waals surface area contributed by atoms with E-state index in [1.165, 1.54) is 9.59 Å². The van der Waals surface area contributed by atoms with Crippen LogP contribution in [0.2, 0.25) is 0 Å². The second-order valence-electron chi connectivity index (χ2n) is 9.93. The second kappa shape index (κ2) is 14.2. The third kappa shape index (κ3) is 7.04. The van der Waals surface area contributed by atoms with Crippen molar-refractivity contribution in [2.45, 2.75) is 6.42 Å². The van der Waals surface area contributed by atoms with Crippen molar-refractivity contribution in [3.05, 3.63) is 95.1 Å². The van der Waals surface area contributed by atoms with Gasteiger partial charge in [-0.25, -0.2) is 0 Å². The highest BCUT2D eigenvalue weighted by Crippen LogP contribution is 2.34. The maximum absolute atomic E-state index is 11.6. The first kappa shape index (κ1) is 30.8. The number of hydrogen-bond donors (Lipinski definition) is 2. The van der Waals surface area contributed by atoms with Gasteiger partial charge in [-0.15, -0.1) is 42.8 Å². The summed E-state index contributed by atoms with van der Waals surface area (Å²) in [6.45, 7) is 0. The van der Waals surface area contributed by atoms with Gasteiger partial charge in [0.2, 0.25) is 0 Å². The maximum atomic E-state index is 11.6. The molecular formula is C41H18N6O2. The molecule has 49 heavy (non-hydrogen) atoms. The van der Waals surface area contributed by atoms with Gasteiger partial charge in [0, 0.05) is 28.7 Å². The van der Waals surface area contributed by atoms with Crippen molar-refractivity contribution < 1.29 is 10.2 Å². The van der Waals surface area contributed by atoms with Gasteiger partial charge in [-0.05, 0) is 120 Å². The molecule has 224 valence electrons. The Morgan fingerprint density at radius 3 is 1.20 bits per heavy atom. The van der Waals surface area contributed by atoms with E-state index in [2.05, 4.69) is 103 Å². The SMILES string of the molecule is C#CC#CC#CC#Cc1cc(Cc2cc(C#CC#CC#CC#C)cc(-n3nc4ccccc4n3)c2O)c(O)c(-n2nc3ccccc3n2)c1. The van der Waals surface area contributed by atoms with Crippen molar-refractivity contribution in [2.24, 2.45) is 0 Å². The van der Waals surface area contributed by atoms with Crippen LogP contribution in [0.4, 0.5) is 0 Å². The Labute approximate surface area is 281 Å². The molecule has 0 spiro atoms. The number of phenolic OH excluding ortho intramolecular Hbond substituents is 2.